The fourth-order valence-electron chi connectivity index (χ4n) is 1.47. The van der Waals surface area contributed by atoms with Crippen LogP contribution in [0.25, 0.3) is 0 Å². The predicted molar refractivity (Wildman–Crippen MR) is 48.5 cm³/mol. The number of halogens is 2. The number of aliphatic carboxylic acids is 1. The summed E-state index contributed by atoms with van der Waals surface area (Å²) in [4.78, 5) is 10.0. The van der Waals surface area contributed by atoms with Crippen molar-refractivity contribution in [2.45, 2.75) is 18.7 Å². The van der Waals surface area contributed by atoms with Crippen LogP contribution < -0.4 is 0 Å². The van der Waals surface area contributed by atoms with Gasteiger partial charge in [-0.15, -0.1) is 23.2 Å². The second-order valence-electron chi connectivity index (χ2n) is 3.45. The first-order valence-electron chi connectivity index (χ1n) is 3.60. The highest BCUT2D eigenvalue weighted by Gasteiger charge is 2.57. The van der Waals surface area contributed by atoms with Crippen LogP contribution in [-0.4, -0.2) is 15.9 Å². The highest BCUT2D eigenvalue weighted by molar-refractivity contribution is 6.45. The summed E-state index contributed by atoms with van der Waals surface area (Å²) in [6.07, 6.45) is 1.60. The van der Waals surface area contributed by atoms with Crippen LogP contribution in [0.2, 0.25) is 0 Å². The first-order chi connectivity index (χ1) is 5.37. The Morgan fingerprint density at radius 2 is 2.17 bits per heavy atom. The molecular formula is C8H10Cl2O2. The number of carbonyl (C=O) groups is 1. The van der Waals surface area contributed by atoms with Crippen molar-refractivity contribution in [3.05, 3.63) is 11.6 Å². The molecule has 0 saturated heterocycles. The Balaban J connectivity index is 2.79. The quantitative estimate of drug-likeness (QED) is 0.560. The average Bonchev–Trinajstić information content (AvgIpc) is 2.32. The maximum Gasteiger partial charge on any atom is 0.311 e. The number of hydrogen-bond acceptors (Lipinski definition) is 1. The number of alkyl halides is 2. The van der Waals surface area contributed by atoms with E-state index in [0.29, 0.717) is 0 Å². The van der Waals surface area contributed by atoms with Crippen LogP contribution >= 0.6 is 23.2 Å². The van der Waals surface area contributed by atoms with Crippen LogP contribution in [0.3, 0.4) is 0 Å². The molecule has 0 aliphatic heterocycles. The van der Waals surface area contributed by atoms with Crippen LogP contribution in [0.15, 0.2) is 11.6 Å². The molecule has 0 aromatic carbocycles. The van der Waals surface area contributed by atoms with Gasteiger partial charge in [-0.3, -0.25) is 4.79 Å². The molecule has 1 saturated carbocycles. The van der Waals surface area contributed by atoms with Gasteiger partial charge in [0.25, 0.3) is 0 Å². The van der Waals surface area contributed by atoms with E-state index in [-0.39, 0.29) is 5.41 Å². The van der Waals surface area contributed by atoms with Crippen molar-refractivity contribution in [3.63, 3.8) is 0 Å². The molecule has 0 aromatic heterocycles. The summed E-state index contributed by atoms with van der Waals surface area (Å²) in [6.45, 7) is 3.74. The minimum atomic E-state index is -0.805. The van der Waals surface area contributed by atoms with Gasteiger partial charge in [0.15, 0.2) is 0 Å². The van der Waals surface area contributed by atoms with Crippen molar-refractivity contribution in [1.29, 1.82) is 0 Å². The lowest BCUT2D eigenvalue weighted by atomic mass is 10.1. The van der Waals surface area contributed by atoms with Gasteiger partial charge in [-0.2, -0.15) is 0 Å². The Bertz CT molecular complexity index is 243. The zero-order valence-electron chi connectivity index (χ0n) is 6.84. The summed E-state index contributed by atoms with van der Waals surface area (Å²) in [6, 6.07) is 0. The van der Waals surface area contributed by atoms with Crippen molar-refractivity contribution >= 4 is 29.2 Å². The van der Waals surface area contributed by atoms with Crippen LogP contribution in [0.1, 0.15) is 13.8 Å². The second-order valence-corrected chi connectivity index (χ2v) is 4.61. The Kier molecular flexibility index (Phi) is 2.41. The maximum atomic E-state index is 10.6. The van der Waals surface area contributed by atoms with Crippen LogP contribution in [0, 0.1) is 11.3 Å². The first kappa shape index (κ1) is 9.87. The molecule has 0 unspecified atom stereocenters. The molecule has 1 aliphatic rings. The molecule has 1 aliphatic carbocycles. The SMILES string of the molecule is CC1(C)C(=CC(Cl)Cl)[C@@H]1C(=O)O. The van der Waals surface area contributed by atoms with E-state index >= 15 is 0 Å². The van der Waals surface area contributed by atoms with E-state index in [1.165, 1.54) is 0 Å². The summed E-state index contributed by atoms with van der Waals surface area (Å²) >= 11 is 11.0. The molecule has 68 valence electrons. The van der Waals surface area contributed by atoms with Crippen LogP contribution in [0.4, 0.5) is 0 Å². The molecule has 0 amide bonds. The van der Waals surface area contributed by atoms with Gasteiger partial charge in [0, 0.05) is 5.41 Å². The van der Waals surface area contributed by atoms with Crippen molar-refractivity contribution in [1.82, 2.24) is 0 Å². The zero-order chi connectivity index (χ0) is 9.52. The maximum absolute atomic E-state index is 10.6. The molecule has 0 spiro atoms. The third-order valence-electron chi connectivity index (χ3n) is 2.25. The van der Waals surface area contributed by atoms with E-state index in [4.69, 9.17) is 28.3 Å². The predicted octanol–water partition coefficient (Wildman–Crippen LogP) is 2.46. The number of carboxylic acids is 1. The number of carboxylic acid groups (broad SMARTS) is 1. The van der Waals surface area contributed by atoms with Crippen molar-refractivity contribution in [2.24, 2.45) is 11.3 Å². The molecule has 1 atom stereocenters. The molecule has 0 bridgehead atoms. The van der Waals surface area contributed by atoms with Gasteiger partial charge in [0.05, 0.1) is 5.92 Å². The standard InChI is InChI=1S/C8H10Cl2O2/c1-8(2)4(3-5(9)10)6(8)7(11)12/h3,5-6H,1-2H3,(H,11,12)/t6-/m1/s1. The third-order valence-corrected chi connectivity index (χ3v) is 2.50. The first-order valence-corrected chi connectivity index (χ1v) is 4.48. The van der Waals surface area contributed by atoms with E-state index in [1.807, 2.05) is 13.8 Å². The van der Waals surface area contributed by atoms with Gasteiger partial charge < -0.3 is 5.11 Å². The molecule has 1 rings (SSSR count). The summed E-state index contributed by atoms with van der Waals surface area (Å²) < 4.78 is 0. The number of rotatable bonds is 2. The lowest BCUT2D eigenvalue weighted by Crippen LogP contribution is -2.02. The Hall–Kier alpha value is -0.210. The Morgan fingerprint density at radius 3 is 2.42 bits per heavy atom. The molecule has 12 heavy (non-hydrogen) atoms. The third kappa shape index (κ3) is 1.59. The minimum absolute atomic E-state index is 0.270. The summed E-state index contributed by atoms with van der Waals surface area (Å²) in [5, 5.41) is 8.75. The van der Waals surface area contributed by atoms with Crippen LogP contribution in [0.5, 0.6) is 0 Å². The van der Waals surface area contributed by atoms with Gasteiger partial charge in [-0.1, -0.05) is 19.9 Å². The molecular weight excluding hydrogens is 199 g/mol. The fraction of sp³-hybridized carbons (Fsp3) is 0.625. The van der Waals surface area contributed by atoms with Gasteiger partial charge >= 0.3 is 5.97 Å². The lowest BCUT2D eigenvalue weighted by molar-refractivity contribution is -0.139. The topological polar surface area (TPSA) is 37.3 Å². The van der Waals surface area contributed by atoms with Crippen LogP contribution in [-0.2, 0) is 4.79 Å². The molecule has 0 aromatic rings. The van der Waals surface area contributed by atoms with Gasteiger partial charge in [0.1, 0.15) is 4.84 Å². The van der Waals surface area contributed by atoms with E-state index in [0.717, 1.165) is 5.57 Å². The second kappa shape index (κ2) is 2.93. The summed E-state index contributed by atoms with van der Waals surface area (Å²) in [5.74, 6) is -1.21. The molecule has 2 nitrogen and oxygen atoms in total. The smallest absolute Gasteiger partial charge is 0.311 e. The highest BCUT2D eigenvalue weighted by Crippen LogP contribution is 2.58. The van der Waals surface area contributed by atoms with Crippen molar-refractivity contribution < 1.29 is 9.90 Å². The normalized spacial score (nSPS) is 29.4. The summed E-state index contributed by atoms with van der Waals surface area (Å²) in [5.41, 5.74) is 0.554. The molecule has 1 fully saturated rings. The molecule has 0 heterocycles. The van der Waals surface area contributed by atoms with E-state index in [2.05, 4.69) is 0 Å². The van der Waals surface area contributed by atoms with Crippen molar-refractivity contribution in [3.8, 4) is 0 Å². The molecule has 1 N–H and O–H groups in total. The van der Waals surface area contributed by atoms with E-state index in [9.17, 15) is 4.79 Å². The number of hydrogen-bond donors (Lipinski definition) is 1. The monoisotopic (exact) mass is 208 g/mol. The lowest BCUT2D eigenvalue weighted by Gasteiger charge is -1.94. The van der Waals surface area contributed by atoms with E-state index < -0.39 is 16.7 Å². The van der Waals surface area contributed by atoms with Crippen molar-refractivity contribution in [2.75, 3.05) is 0 Å². The minimum Gasteiger partial charge on any atom is -0.481 e. The number of allylic oxidation sites excluding steroid dienone is 1. The highest BCUT2D eigenvalue weighted by atomic mass is 35.5. The fourth-order valence-corrected chi connectivity index (χ4v) is 1.74. The Morgan fingerprint density at radius 1 is 1.67 bits per heavy atom. The van der Waals surface area contributed by atoms with Gasteiger partial charge in [-0.05, 0) is 5.57 Å². The van der Waals surface area contributed by atoms with E-state index in [1.54, 1.807) is 6.08 Å². The molecule has 0 radical (unpaired) electrons. The Labute approximate surface area is 81.2 Å². The van der Waals surface area contributed by atoms with Gasteiger partial charge in [0.2, 0.25) is 0 Å². The average molecular weight is 209 g/mol. The van der Waals surface area contributed by atoms with Gasteiger partial charge in [-0.25, -0.2) is 0 Å². The zero-order valence-corrected chi connectivity index (χ0v) is 8.36. The largest absolute Gasteiger partial charge is 0.481 e. The molecule has 4 heteroatoms. The summed E-state index contributed by atoms with van der Waals surface area (Å²) in [7, 11) is 0.